The van der Waals surface area contributed by atoms with Crippen molar-refractivity contribution in [2.45, 2.75) is 0 Å². The number of nitrogens with zero attached hydrogens (tertiary/aromatic N) is 5. The average molecular weight is 861 g/mol. The largest absolute Gasteiger partial charge is 0.307 e. The van der Waals surface area contributed by atoms with Crippen LogP contribution in [0.1, 0.15) is 53.5 Å². The second-order valence-electron chi connectivity index (χ2n) is 13.1. The molecule has 6 heteroatoms. The lowest BCUT2D eigenvalue weighted by atomic mass is 10.1. The highest BCUT2D eigenvalue weighted by Crippen LogP contribution is 2.39. The van der Waals surface area contributed by atoms with Crippen molar-refractivity contribution in [1.82, 2.24) is 24.1 Å². The van der Waals surface area contributed by atoms with Gasteiger partial charge in [-0.3, -0.25) is 4.57 Å². The smallest absolute Gasteiger partial charge is 0.238 e. The van der Waals surface area contributed by atoms with E-state index >= 15 is 0 Å². The van der Waals surface area contributed by atoms with Crippen LogP contribution in [0.3, 0.4) is 0 Å². The van der Waals surface area contributed by atoms with Gasteiger partial charge in [-0.1, -0.05) is 211 Å². The second kappa shape index (κ2) is 15.1. The Kier molecular flexibility index (Phi) is 3.45. The fourth-order valence-corrected chi connectivity index (χ4v) is 10.9. The zero-order chi connectivity index (χ0) is 75.7. The standard InChI is InChI=1S/C57H39N5Si/c1-5-21-40(22-6-1)55-58-56(41-23-19-30-45(39-41)63(42-24-7-2-8-25-42,43-26-9-3-10-27-43)44-28-11-4-12-29-44)60-57(59-55)62-52-37-18-15-33-48(52)49-34-20-38-53(54(49)62)61-50-35-16-13-31-46(50)47-32-14-17-36-51(47)61/h1-39H/i1D,2D,3D,4D,5D,6D,7D,8D,9D,10D,11D,12D,13D,14D,15D,16D,17D,18D,19D,20D,21D,22D,23D,24D,25D,26D,27D,28D,29D,30D,31D,32D,33D,34D,35D,36D,37D,38D,39D. The second-order valence-corrected chi connectivity index (χ2v) is 16.6. The van der Waals surface area contributed by atoms with E-state index in [1.165, 1.54) is 0 Å². The third-order valence-corrected chi connectivity index (χ3v) is 13.8. The van der Waals surface area contributed by atoms with Crippen LogP contribution in [-0.4, -0.2) is 32.2 Å². The predicted molar refractivity (Wildman–Crippen MR) is 263 cm³/mol. The Balaban J connectivity index is 1.41. The molecule has 0 saturated heterocycles. The van der Waals surface area contributed by atoms with E-state index in [9.17, 15) is 28.8 Å². The molecule has 0 amide bonds. The van der Waals surface area contributed by atoms with Gasteiger partial charge in [0.25, 0.3) is 0 Å². The molecule has 9 aromatic carbocycles. The van der Waals surface area contributed by atoms with Gasteiger partial charge in [-0.05, 0) is 44.9 Å². The van der Waals surface area contributed by atoms with Crippen LogP contribution >= 0.6 is 0 Å². The fraction of sp³-hybridized carbons (Fsp3) is 0. The number of fused-ring (bicyclic) bond motifs is 6. The molecule has 0 atom stereocenters. The Labute approximate surface area is 420 Å². The number of hydrogen-bond acceptors (Lipinski definition) is 3. The van der Waals surface area contributed by atoms with Crippen molar-refractivity contribution in [3.63, 3.8) is 0 Å². The van der Waals surface area contributed by atoms with Gasteiger partial charge >= 0.3 is 0 Å². The molecule has 0 spiro atoms. The van der Waals surface area contributed by atoms with Crippen LogP contribution in [0.15, 0.2) is 236 Å². The van der Waals surface area contributed by atoms with Gasteiger partial charge < -0.3 is 4.57 Å². The van der Waals surface area contributed by atoms with Crippen molar-refractivity contribution >= 4 is 72.4 Å². The first-order valence-electron chi connectivity index (χ1n) is 37.7. The number of benzene rings is 9. The summed E-state index contributed by atoms with van der Waals surface area (Å²) in [5.41, 5.74) is -6.68. The number of rotatable bonds is 8. The molecule has 0 unspecified atom stereocenters. The molecular formula is C57H39N5Si. The lowest BCUT2D eigenvalue weighted by Gasteiger charge is -2.34. The van der Waals surface area contributed by atoms with Gasteiger partial charge in [0.05, 0.1) is 81.2 Å². The maximum atomic E-state index is 10.6. The number of para-hydroxylation sites is 4. The Hall–Kier alpha value is -8.19. The molecule has 12 aromatic rings. The molecule has 12 rings (SSSR count). The molecule has 0 aliphatic heterocycles. The van der Waals surface area contributed by atoms with E-state index in [1.807, 2.05) is 0 Å². The Morgan fingerprint density at radius 1 is 0.333 bits per heavy atom. The van der Waals surface area contributed by atoms with Gasteiger partial charge in [-0.15, -0.1) is 0 Å². The summed E-state index contributed by atoms with van der Waals surface area (Å²) < 4.78 is 362. The lowest BCUT2D eigenvalue weighted by Crippen LogP contribution is -2.74. The fourth-order valence-electron chi connectivity index (χ4n) is 7.32. The molecule has 0 fully saturated rings. The average Bonchev–Trinajstić information content (AvgIpc) is 0.868. The van der Waals surface area contributed by atoms with E-state index in [-0.39, 0.29) is 0 Å². The van der Waals surface area contributed by atoms with Crippen molar-refractivity contribution in [1.29, 1.82) is 0 Å². The first-order chi connectivity index (χ1) is 47.5. The zero-order valence-corrected chi connectivity index (χ0v) is 32.2. The SMILES string of the molecule is [2H]c1c([2H])c([2H])c(-c2nc(-c3c([2H])c([2H])c([2H])c([Si](c4c([2H])c([2H])c([2H])c([2H])c4[2H])(c4c([2H])c([2H])c([2H])c([2H])c4[2H])c4c([2H])c([2H])c([2H])c([2H])c4[2H])c3[2H])nc(-n3c4c([2H])c([2H])c([2H])c([2H])c4c4c([2H])c([2H])c([2H])c(-n5c6c([2H])c([2H])c([2H])c([2H])c6c6c([2H])c([2H])c([2H])c([2H])c65)c43)n2)c([2H])c1[2H]. The summed E-state index contributed by atoms with van der Waals surface area (Å²) in [5, 5.41) is -8.12. The molecule has 0 aliphatic carbocycles. The Morgan fingerprint density at radius 3 is 1.29 bits per heavy atom. The molecule has 0 saturated carbocycles. The summed E-state index contributed by atoms with van der Waals surface area (Å²) in [6, 6.07) is -46.9. The van der Waals surface area contributed by atoms with E-state index < -0.39 is 342 Å². The summed E-state index contributed by atoms with van der Waals surface area (Å²) in [5.74, 6) is -3.77. The quantitative estimate of drug-likeness (QED) is 0.113. The van der Waals surface area contributed by atoms with Crippen LogP contribution in [-0.2, 0) is 0 Å². The van der Waals surface area contributed by atoms with Gasteiger partial charge in [0, 0.05) is 32.7 Å². The topological polar surface area (TPSA) is 48.5 Å². The molecule has 63 heavy (non-hydrogen) atoms. The normalized spacial score (nSPS) is 20.5. The molecule has 5 nitrogen and oxygen atoms in total. The molecule has 0 radical (unpaired) electrons. The van der Waals surface area contributed by atoms with Crippen LogP contribution < -0.4 is 20.7 Å². The van der Waals surface area contributed by atoms with Gasteiger partial charge in [0.15, 0.2) is 19.7 Å². The third kappa shape index (κ3) is 5.87. The third-order valence-electron chi connectivity index (χ3n) is 9.85. The molecular weight excluding hydrogens is 783 g/mol. The van der Waals surface area contributed by atoms with Gasteiger partial charge in [-0.2, -0.15) is 9.97 Å². The van der Waals surface area contributed by atoms with Crippen molar-refractivity contribution in [3.8, 4) is 34.4 Å². The van der Waals surface area contributed by atoms with E-state index in [1.54, 1.807) is 0 Å². The Bertz CT molecular complexity index is 5610. The van der Waals surface area contributed by atoms with Gasteiger partial charge in [0.2, 0.25) is 5.95 Å². The van der Waals surface area contributed by atoms with E-state index in [2.05, 4.69) is 15.0 Å². The molecule has 3 aromatic heterocycles. The molecule has 0 N–H and O–H groups in total. The maximum absolute atomic E-state index is 10.6. The van der Waals surface area contributed by atoms with Crippen molar-refractivity contribution in [2.24, 2.45) is 0 Å². The first kappa shape index (κ1) is 14.4. The summed E-state index contributed by atoms with van der Waals surface area (Å²) >= 11 is 0. The highest BCUT2D eigenvalue weighted by molar-refractivity contribution is 7.19. The van der Waals surface area contributed by atoms with Crippen LogP contribution in [0.4, 0.5) is 0 Å². The Morgan fingerprint density at radius 2 is 0.730 bits per heavy atom. The van der Waals surface area contributed by atoms with Crippen LogP contribution in [0, 0.1) is 0 Å². The predicted octanol–water partition coefficient (Wildman–Crippen LogP) is 10.8. The minimum atomic E-state index is -6.68. The van der Waals surface area contributed by atoms with Gasteiger partial charge in [-0.25, -0.2) is 4.98 Å². The number of hydrogen-bond donors (Lipinski definition) is 0. The van der Waals surface area contributed by atoms with Crippen molar-refractivity contribution in [3.05, 3.63) is 236 Å². The summed E-state index contributed by atoms with van der Waals surface area (Å²) in [7, 11) is -6.68. The highest BCUT2D eigenvalue weighted by atomic mass is 28.3. The van der Waals surface area contributed by atoms with E-state index in [0.717, 1.165) is 0 Å². The van der Waals surface area contributed by atoms with Crippen LogP contribution in [0.5, 0.6) is 0 Å². The summed E-state index contributed by atoms with van der Waals surface area (Å²) in [4.78, 5) is 13.5. The monoisotopic (exact) mass is 861 g/mol. The lowest BCUT2D eigenvalue weighted by molar-refractivity contribution is 0.950. The molecule has 296 valence electrons. The van der Waals surface area contributed by atoms with E-state index in [0.29, 0.717) is 9.13 Å². The van der Waals surface area contributed by atoms with Crippen LogP contribution in [0.25, 0.3) is 78.0 Å². The molecule has 3 heterocycles. The van der Waals surface area contributed by atoms with Crippen molar-refractivity contribution in [2.75, 3.05) is 0 Å². The zero-order valence-electron chi connectivity index (χ0n) is 70.2. The maximum Gasteiger partial charge on any atom is 0.238 e. The summed E-state index contributed by atoms with van der Waals surface area (Å²) in [6.45, 7) is 0. The van der Waals surface area contributed by atoms with Crippen LogP contribution in [0.2, 0.25) is 0 Å². The van der Waals surface area contributed by atoms with Gasteiger partial charge in [0.1, 0.15) is 0 Å². The van der Waals surface area contributed by atoms with Crippen molar-refractivity contribution < 1.29 is 53.5 Å². The summed E-state index contributed by atoms with van der Waals surface area (Å²) in [6.07, 6.45) is 0. The first-order valence-corrected chi connectivity index (χ1v) is 20.2. The molecule has 0 aliphatic rings. The minimum absolute atomic E-state index is 0.562. The highest BCUT2D eigenvalue weighted by Gasteiger charge is 2.41. The number of aromatic nitrogens is 5. The van der Waals surface area contributed by atoms with E-state index in [4.69, 9.17) is 24.7 Å². The molecule has 0 bridgehead atoms. The minimum Gasteiger partial charge on any atom is -0.307 e.